The van der Waals surface area contributed by atoms with Crippen LogP contribution in [0.1, 0.15) is 12.7 Å². The average molecular weight is 275 g/mol. The predicted octanol–water partition coefficient (Wildman–Crippen LogP) is 0.110. The summed E-state index contributed by atoms with van der Waals surface area (Å²) in [6.45, 7) is 3.24. The van der Waals surface area contributed by atoms with Crippen molar-refractivity contribution in [1.29, 1.82) is 0 Å². The monoisotopic (exact) mass is 275 g/mol. The highest BCUT2D eigenvalue weighted by Gasteiger charge is 2.09. The lowest BCUT2D eigenvalue weighted by molar-refractivity contribution is -0.858. The van der Waals surface area contributed by atoms with Crippen LogP contribution in [0.2, 0.25) is 0 Å². The fraction of sp³-hybridized carbons (Fsp3) is 0.467. The summed E-state index contributed by atoms with van der Waals surface area (Å²) < 4.78 is 0. The van der Waals surface area contributed by atoms with Crippen molar-refractivity contribution in [3.63, 3.8) is 0 Å². The Hall–Kier alpha value is -1.72. The van der Waals surface area contributed by atoms with E-state index in [1.165, 1.54) is 4.90 Å². The summed E-state index contributed by atoms with van der Waals surface area (Å²) in [5.74, 6) is 1.65. The van der Waals surface area contributed by atoms with E-state index in [9.17, 15) is 5.11 Å². The van der Waals surface area contributed by atoms with Gasteiger partial charge in [-0.25, -0.2) is 9.97 Å². The van der Waals surface area contributed by atoms with Crippen LogP contribution in [0.3, 0.4) is 0 Å². The Labute approximate surface area is 119 Å². The van der Waals surface area contributed by atoms with Gasteiger partial charge in [0, 0.05) is 11.9 Å². The van der Waals surface area contributed by atoms with Crippen molar-refractivity contribution in [3.05, 3.63) is 30.1 Å². The summed E-state index contributed by atoms with van der Waals surface area (Å²) in [6.07, 6.45) is 0.440. The molecule has 1 aromatic heterocycles. The minimum Gasteiger partial charge on any atom is -0.392 e. The molecule has 1 aromatic carbocycles. The molecule has 108 valence electrons. The number of hydrogen-bond donors (Lipinski definition) is 3. The number of aromatic nitrogens is 2. The molecule has 0 aliphatic carbocycles. The zero-order chi connectivity index (χ0) is 14.5. The summed E-state index contributed by atoms with van der Waals surface area (Å²) in [5, 5.41) is 13.6. The molecule has 0 radical (unpaired) electrons. The average Bonchev–Trinajstić information content (AvgIpc) is 2.42. The molecule has 0 unspecified atom stereocenters. The number of hydrogen-bond acceptors (Lipinski definition) is 4. The summed E-state index contributed by atoms with van der Waals surface area (Å²) >= 11 is 0. The maximum Gasteiger partial charge on any atom is 0.137 e. The molecule has 2 aromatic rings. The first-order valence-electron chi connectivity index (χ1n) is 7.03. The van der Waals surface area contributed by atoms with Gasteiger partial charge in [-0.1, -0.05) is 12.1 Å². The van der Waals surface area contributed by atoms with Crippen LogP contribution in [0.5, 0.6) is 0 Å². The SMILES string of the molecule is C[C@@H](O)CNc1nc(CC[NH+](C)C)nc2ccccc12. The molecule has 0 aliphatic rings. The van der Waals surface area contributed by atoms with Crippen molar-refractivity contribution in [2.24, 2.45) is 0 Å². The summed E-state index contributed by atoms with van der Waals surface area (Å²) in [6, 6.07) is 7.95. The van der Waals surface area contributed by atoms with E-state index in [2.05, 4.69) is 29.4 Å². The van der Waals surface area contributed by atoms with Gasteiger partial charge in [0.25, 0.3) is 0 Å². The number of benzene rings is 1. The zero-order valence-corrected chi connectivity index (χ0v) is 12.3. The molecule has 5 heteroatoms. The first-order valence-corrected chi connectivity index (χ1v) is 7.03. The molecule has 0 saturated heterocycles. The lowest BCUT2D eigenvalue weighted by Crippen LogP contribution is -3.06. The lowest BCUT2D eigenvalue weighted by atomic mass is 10.2. The molecular formula is C15H23N4O+. The number of nitrogens with zero attached hydrogens (tertiary/aromatic N) is 2. The molecule has 0 saturated carbocycles. The minimum atomic E-state index is -0.404. The lowest BCUT2D eigenvalue weighted by Gasteiger charge is -2.12. The van der Waals surface area contributed by atoms with Crippen LogP contribution >= 0.6 is 0 Å². The molecule has 1 heterocycles. The van der Waals surface area contributed by atoms with Crippen LogP contribution in [0, 0.1) is 0 Å². The van der Waals surface area contributed by atoms with Gasteiger partial charge in [0.2, 0.25) is 0 Å². The molecule has 0 amide bonds. The topological polar surface area (TPSA) is 62.5 Å². The molecule has 0 aliphatic heterocycles. The van der Waals surface area contributed by atoms with E-state index in [0.717, 1.165) is 35.5 Å². The van der Waals surface area contributed by atoms with Gasteiger partial charge in [0.05, 0.1) is 38.7 Å². The maximum absolute atomic E-state index is 9.42. The second-order valence-electron chi connectivity index (χ2n) is 5.44. The van der Waals surface area contributed by atoms with Gasteiger partial charge in [0.1, 0.15) is 11.6 Å². The number of anilines is 1. The van der Waals surface area contributed by atoms with Gasteiger partial charge < -0.3 is 15.3 Å². The largest absolute Gasteiger partial charge is 0.392 e. The highest BCUT2D eigenvalue weighted by Crippen LogP contribution is 2.20. The quantitative estimate of drug-likeness (QED) is 0.700. The van der Waals surface area contributed by atoms with Crippen molar-refractivity contribution >= 4 is 16.7 Å². The number of quaternary nitrogens is 1. The number of aliphatic hydroxyl groups excluding tert-OH is 1. The zero-order valence-electron chi connectivity index (χ0n) is 12.3. The summed E-state index contributed by atoms with van der Waals surface area (Å²) in [7, 11) is 4.24. The second-order valence-corrected chi connectivity index (χ2v) is 5.44. The van der Waals surface area contributed by atoms with Gasteiger partial charge in [-0.05, 0) is 19.1 Å². The van der Waals surface area contributed by atoms with E-state index < -0.39 is 6.10 Å². The molecular weight excluding hydrogens is 252 g/mol. The van der Waals surface area contributed by atoms with E-state index in [4.69, 9.17) is 0 Å². The minimum absolute atomic E-state index is 0.404. The van der Waals surface area contributed by atoms with Crippen LogP contribution in [-0.4, -0.2) is 48.4 Å². The van der Waals surface area contributed by atoms with Crippen molar-refractivity contribution in [2.75, 3.05) is 32.5 Å². The predicted molar refractivity (Wildman–Crippen MR) is 81.1 cm³/mol. The van der Waals surface area contributed by atoms with Gasteiger partial charge >= 0.3 is 0 Å². The fourth-order valence-corrected chi connectivity index (χ4v) is 1.98. The molecule has 3 N–H and O–H groups in total. The van der Waals surface area contributed by atoms with Gasteiger partial charge in [-0.2, -0.15) is 0 Å². The molecule has 0 spiro atoms. The molecule has 0 bridgehead atoms. The highest BCUT2D eigenvalue weighted by molar-refractivity contribution is 5.88. The summed E-state index contributed by atoms with van der Waals surface area (Å²) in [5.41, 5.74) is 0.944. The van der Waals surface area contributed by atoms with Crippen molar-refractivity contribution in [3.8, 4) is 0 Å². The first-order chi connectivity index (χ1) is 9.56. The van der Waals surface area contributed by atoms with Gasteiger partial charge in [-0.15, -0.1) is 0 Å². The van der Waals surface area contributed by atoms with Crippen molar-refractivity contribution in [1.82, 2.24) is 9.97 Å². The van der Waals surface area contributed by atoms with E-state index in [-0.39, 0.29) is 0 Å². The Bertz CT molecular complexity index is 569. The van der Waals surface area contributed by atoms with Crippen LogP contribution in [0.15, 0.2) is 24.3 Å². The summed E-state index contributed by atoms with van der Waals surface area (Å²) in [4.78, 5) is 10.6. The van der Waals surface area contributed by atoms with Crippen LogP contribution in [0.4, 0.5) is 5.82 Å². The third-order valence-electron chi connectivity index (χ3n) is 3.06. The smallest absolute Gasteiger partial charge is 0.137 e. The molecule has 0 fully saturated rings. The third kappa shape index (κ3) is 3.88. The maximum atomic E-state index is 9.42. The Morgan fingerprint density at radius 3 is 2.70 bits per heavy atom. The second kappa shape index (κ2) is 6.63. The van der Waals surface area contributed by atoms with Crippen LogP contribution < -0.4 is 10.2 Å². The van der Waals surface area contributed by atoms with Gasteiger partial charge in [0.15, 0.2) is 0 Å². The van der Waals surface area contributed by atoms with Crippen molar-refractivity contribution < 1.29 is 10.0 Å². The van der Waals surface area contributed by atoms with E-state index >= 15 is 0 Å². The standard InChI is InChI=1S/C15H22N4O/c1-11(20)10-16-15-12-6-4-5-7-13(12)17-14(18-15)8-9-19(2)3/h4-7,11,20H,8-10H2,1-3H3,(H,16,17,18)/p+1/t11-/m1/s1. The highest BCUT2D eigenvalue weighted by atomic mass is 16.3. The first kappa shape index (κ1) is 14.7. The van der Waals surface area contributed by atoms with Crippen LogP contribution in [0.25, 0.3) is 10.9 Å². The van der Waals surface area contributed by atoms with E-state index in [0.29, 0.717) is 6.54 Å². The Morgan fingerprint density at radius 1 is 1.25 bits per heavy atom. The normalized spacial score (nSPS) is 12.8. The Morgan fingerprint density at radius 2 is 2.00 bits per heavy atom. The molecule has 1 atom stereocenters. The fourth-order valence-electron chi connectivity index (χ4n) is 1.98. The number of aliphatic hydroxyl groups is 1. The number of likely N-dealkylation sites (N-methyl/N-ethyl adjacent to an activating group) is 1. The van der Waals surface area contributed by atoms with Crippen molar-refractivity contribution in [2.45, 2.75) is 19.4 Å². The number of para-hydroxylation sites is 1. The number of fused-ring (bicyclic) bond motifs is 1. The Balaban J connectivity index is 2.31. The number of rotatable bonds is 6. The van der Waals surface area contributed by atoms with Gasteiger partial charge in [-0.3, -0.25) is 0 Å². The van der Waals surface area contributed by atoms with E-state index in [1.807, 2.05) is 24.3 Å². The molecule has 20 heavy (non-hydrogen) atoms. The van der Waals surface area contributed by atoms with E-state index in [1.54, 1.807) is 6.92 Å². The molecule has 2 rings (SSSR count). The Kier molecular flexibility index (Phi) is 4.87. The number of nitrogens with one attached hydrogen (secondary N) is 2. The third-order valence-corrected chi connectivity index (χ3v) is 3.06. The molecule has 5 nitrogen and oxygen atoms in total. The van der Waals surface area contributed by atoms with Crippen LogP contribution in [-0.2, 0) is 6.42 Å².